The smallest absolute Gasteiger partial charge is 0.343 e. The zero-order valence-corrected chi connectivity index (χ0v) is 11.2. The maximum absolute atomic E-state index is 3.91. The fraction of sp³-hybridized carbons (Fsp3) is 0.778. The molecule has 0 rings (SSSR count). The molecule has 0 aromatic heterocycles. The van der Waals surface area contributed by atoms with Crippen molar-refractivity contribution in [3.8, 4) is 0 Å². The van der Waals surface area contributed by atoms with Crippen molar-refractivity contribution in [1.29, 1.82) is 0 Å². The monoisotopic (exact) mass is 182 g/mol. The second-order valence-corrected chi connectivity index (χ2v) is 8.89. The standard InChI is InChI=1S/C5H11.C4H11Si.Mg/c1-3-5-4-2;1-5(2,3)4;/h1,3-5H2,2H3;1H2,2-4H3;/q2*-1;+2. The minimum absolute atomic E-state index is 0. The first-order chi connectivity index (χ1) is 4.41. The summed E-state index contributed by atoms with van der Waals surface area (Å²) in [6, 6.07) is 0. The Labute approximate surface area is 90.3 Å². The van der Waals surface area contributed by atoms with E-state index in [4.69, 9.17) is 0 Å². The molecule has 0 bridgehead atoms. The van der Waals surface area contributed by atoms with Crippen molar-refractivity contribution in [2.75, 3.05) is 0 Å². The summed E-state index contributed by atoms with van der Waals surface area (Å²) in [4.78, 5) is 0. The first kappa shape index (κ1) is 17.9. The molecule has 0 aliphatic heterocycles. The number of hydrogen-bond donors (Lipinski definition) is 0. The van der Waals surface area contributed by atoms with Gasteiger partial charge in [-0.2, -0.15) is 6.42 Å². The van der Waals surface area contributed by atoms with Gasteiger partial charge in [0.1, 0.15) is 0 Å². The Morgan fingerprint density at radius 1 is 1.18 bits per heavy atom. The second-order valence-electron chi connectivity index (χ2n) is 3.77. The zero-order valence-electron chi connectivity index (χ0n) is 8.74. The molecule has 0 saturated carbocycles. The van der Waals surface area contributed by atoms with Crippen molar-refractivity contribution in [1.82, 2.24) is 0 Å². The quantitative estimate of drug-likeness (QED) is 0.454. The molecule has 0 heterocycles. The summed E-state index contributed by atoms with van der Waals surface area (Å²) in [5.74, 6) is 0. The van der Waals surface area contributed by atoms with Gasteiger partial charge in [-0.1, -0.05) is 39.4 Å². The van der Waals surface area contributed by atoms with Crippen molar-refractivity contribution in [3.05, 3.63) is 13.5 Å². The fourth-order valence-corrected chi connectivity index (χ4v) is 0.250. The van der Waals surface area contributed by atoms with Crippen LogP contribution in [-0.2, 0) is 0 Å². The van der Waals surface area contributed by atoms with E-state index in [0.29, 0.717) is 0 Å². The van der Waals surface area contributed by atoms with Crippen LogP contribution in [0, 0.1) is 13.5 Å². The van der Waals surface area contributed by atoms with Gasteiger partial charge in [-0.3, -0.25) is 0 Å². The van der Waals surface area contributed by atoms with Gasteiger partial charge in [0.25, 0.3) is 0 Å². The van der Waals surface area contributed by atoms with Gasteiger partial charge in [0, 0.05) is 0 Å². The maximum Gasteiger partial charge on any atom is 2.00 e. The second kappa shape index (κ2) is 11.0. The van der Waals surface area contributed by atoms with Crippen molar-refractivity contribution in [3.63, 3.8) is 0 Å². The molecule has 0 fully saturated rings. The van der Waals surface area contributed by atoms with Crippen LogP contribution in [0.2, 0.25) is 19.6 Å². The molecular weight excluding hydrogens is 160 g/mol. The minimum atomic E-state index is -0.861. The van der Waals surface area contributed by atoms with Gasteiger partial charge >= 0.3 is 23.1 Å². The predicted molar refractivity (Wildman–Crippen MR) is 59.3 cm³/mol. The Morgan fingerprint density at radius 3 is 1.45 bits per heavy atom. The van der Waals surface area contributed by atoms with E-state index in [1.54, 1.807) is 0 Å². The van der Waals surface area contributed by atoms with Gasteiger partial charge in [0.2, 0.25) is 0 Å². The molecule has 2 heteroatoms. The van der Waals surface area contributed by atoms with Crippen LogP contribution in [0.4, 0.5) is 0 Å². The van der Waals surface area contributed by atoms with E-state index in [1.165, 1.54) is 12.8 Å². The van der Waals surface area contributed by atoms with Crippen LogP contribution >= 0.6 is 0 Å². The molecule has 0 nitrogen and oxygen atoms in total. The minimum Gasteiger partial charge on any atom is -0.343 e. The summed E-state index contributed by atoms with van der Waals surface area (Å²) < 4.78 is 0. The Balaban J connectivity index is -0.000000107. The van der Waals surface area contributed by atoms with E-state index in [0.717, 1.165) is 6.42 Å². The zero-order chi connectivity index (χ0) is 8.62. The van der Waals surface area contributed by atoms with Crippen LogP contribution in [0.1, 0.15) is 26.2 Å². The van der Waals surface area contributed by atoms with E-state index < -0.39 is 8.07 Å². The maximum atomic E-state index is 3.91. The van der Waals surface area contributed by atoms with E-state index in [2.05, 4.69) is 40.0 Å². The molecule has 0 radical (unpaired) electrons. The third kappa shape index (κ3) is 99.6. The molecule has 0 atom stereocenters. The van der Waals surface area contributed by atoms with Crippen LogP contribution < -0.4 is 0 Å². The first-order valence-electron chi connectivity index (χ1n) is 4.06. The molecule has 0 amide bonds. The molecular formula is C9H22MgSi. The molecule has 11 heavy (non-hydrogen) atoms. The third-order valence-corrected chi connectivity index (χ3v) is 0.604. The van der Waals surface area contributed by atoms with Crippen LogP contribution in [0.5, 0.6) is 0 Å². The van der Waals surface area contributed by atoms with E-state index >= 15 is 0 Å². The molecule has 0 aliphatic carbocycles. The SMILES string of the molecule is [CH2-]CCCC.[CH2-][Si](C)(C)C.[Mg+2]. The molecule has 0 aromatic rings. The van der Waals surface area contributed by atoms with E-state index in [-0.39, 0.29) is 23.1 Å². The van der Waals surface area contributed by atoms with Crippen LogP contribution in [0.3, 0.4) is 0 Å². The van der Waals surface area contributed by atoms with Crippen LogP contribution in [0.15, 0.2) is 0 Å². The van der Waals surface area contributed by atoms with Gasteiger partial charge in [0.15, 0.2) is 0 Å². The normalized spacial score (nSPS) is 9.27. The fourth-order valence-electron chi connectivity index (χ4n) is 0.250. The summed E-state index contributed by atoms with van der Waals surface area (Å²) in [6.45, 7) is 16.4. The van der Waals surface area contributed by atoms with Crippen molar-refractivity contribution < 1.29 is 0 Å². The molecule has 0 saturated heterocycles. The van der Waals surface area contributed by atoms with Crippen LogP contribution in [0.25, 0.3) is 0 Å². The largest absolute Gasteiger partial charge is 2.00 e. The Morgan fingerprint density at radius 2 is 1.45 bits per heavy atom. The predicted octanol–water partition coefficient (Wildman–Crippen LogP) is 3.33. The topological polar surface area (TPSA) is 0 Å². The average Bonchev–Trinajstić information content (AvgIpc) is 1.63. The number of rotatable bonds is 2. The molecule has 0 aliphatic rings. The van der Waals surface area contributed by atoms with E-state index in [9.17, 15) is 0 Å². The Bertz CT molecular complexity index is 49.1. The summed E-state index contributed by atoms with van der Waals surface area (Å²) in [5, 5.41) is 0. The number of unbranched alkanes of at least 4 members (excludes halogenated alkanes) is 2. The summed E-state index contributed by atoms with van der Waals surface area (Å²) in [6.07, 6.45) is 3.65. The van der Waals surface area contributed by atoms with Gasteiger partial charge < -0.3 is 13.5 Å². The number of hydrogen-bond acceptors (Lipinski definition) is 0. The van der Waals surface area contributed by atoms with Gasteiger partial charge in [-0.05, 0) is 0 Å². The van der Waals surface area contributed by atoms with Crippen molar-refractivity contribution in [2.24, 2.45) is 0 Å². The molecule has 64 valence electrons. The third-order valence-electron chi connectivity index (χ3n) is 0.604. The first-order valence-corrected chi connectivity index (χ1v) is 7.77. The van der Waals surface area contributed by atoms with Crippen molar-refractivity contribution in [2.45, 2.75) is 45.8 Å². The molecule has 0 unspecified atom stereocenters. The van der Waals surface area contributed by atoms with Crippen LogP contribution in [-0.4, -0.2) is 31.1 Å². The van der Waals surface area contributed by atoms with Gasteiger partial charge in [-0.25, -0.2) is 0 Å². The Hall–Kier alpha value is 0.983. The van der Waals surface area contributed by atoms with Gasteiger partial charge in [0.05, 0.1) is 0 Å². The van der Waals surface area contributed by atoms with E-state index in [1.807, 2.05) is 0 Å². The average molecular weight is 183 g/mol. The summed E-state index contributed by atoms with van der Waals surface area (Å²) in [5.41, 5.74) is 0. The molecule has 0 spiro atoms. The Kier molecular flexibility index (Phi) is 17.9. The summed E-state index contributed by atoms with van der Waals surface area (Å²) in [7, 11) is -0.861. The van der Waals surface area contributed by atoms with Gasteiger partial charge in [-0.15, -0.1) is 8.07 Å². The van der Waals surface area contributed by atoms with Crippen molar-refractivity contribution >= 4 is 31.1 Å². The molecule has 0 N–H and O–H groups in total. The summed E-state index contributed by atoms with van der Waals surface area (Å²) >= 11 is 0. The molecule has 0 aromatic carbocycles.